The summed E-state index contributed by atoms with van der Waals surface area (Å²) >= 11 is 0. The summed E-state index contributed by atoms with van der Waals surface area (Å²) in [4.78, 5) is 11.4. The molecule has 3 heteroatoms. The third kappa shape index (κ3) is 1.35. The van der Waals surface area contributed by atoms with E-state index in [-0.39, 0.29) is 0 Å². The molecule has 0 aliphatic carbocycles. The maximum Gasteiger partial charge on any atom is 0.343 e. The van der Waals surface area contributed by atoms with Gasteiger partial charge in [-0.15, -0.1) is 0 Å². The predicted molar refractivity (Wildman–Crippen MR) is 60.4 cm³/mol. The van der Waals surface area contributed by atoms with Gasteiger partial charge in [0.15, 0.2) is 0 Å². The maximum atomic E-state index is 11.4. The molecule has 86 valence electrons. The van der Waals surface area contributed by atoms with E-state index in [0.29, 0.717) is 0 Å². The number of benzene rings is 1. The fourth-order valence-corrected chi connectivity index (χ4v) is 2.37. The smallest absolute Gasteiger partial charge is 0.343 e. The first-order valence-corrected chi connectivity index (χ1v) is 5.32. The highest BCUT2D eigenvalue weighted by atomic mass is 16.6. The predicted octanol–water partition coefficient (Wildman–Crippen LogP) is 2.39. The van der Waals surface area contributed by atoms with Crippen LogP contribution in [0.1, 0.15) is 30.5 Å². The molecule has 1 atom stereocenters. The van der Waals surface area contributed by atoms with Gasteiger partial charge in [-0.1, -0.05) is 29.3 Å². The van der Waals surface area contributed by atoms with Crippen molar-refractivity contribution in [3.05, 3.63) is 34.9 Å². The van der Waals surface area contributed by atoms with Crippen LogP contribution in [0, 0.1) is 13.8 Å². The van der Waals surface area contributed by atoms with Crippen molar-refractivity contribution in [1.82, 2.24) is 0 Å². The van der Waals surface area contributed by atoms with Crippen molar-refractivity contribution in [2.24, 2.45) is 0 Å². The molecule has 3 nitrogen and oxygen atoms in total. The Labute approximate surface area is 95.0 Å². The quantitative estimate of drug-likeness (QED) is 0.778. The van der Waals surface area contributed by atoms with E-state index in [0.717, 1.165) is 16.7 Å². The molecule has 1 aromatic carbocycles. The van der Waals surface area contributed by atoms with Crippen molar-refractivity contribution in [2.75, 3.05) is 0 Å². The number of carboxylic acids is 1. The fraction of sp³-hybridized carbons (Fsp3) is 0.462. The van der Waals surface area contributed by atoms with E-state index in [1.165, 1.54) is 0 Å². The van der Waals surface area contributed by atoms with Gasteiger partial charge < -0.3 is 9.84 Å². The van der Waals surface area contributed by atoms with Gasteiger partial charge >= 0.3 is 5.97 Å². The summed E-state index contributed by atoms with van der Waals surface area (Å²) < 4.78 is 5.45. The van der Waals surface area contributed by atoms with Gasteiger partial charge in [0.25, 0.3) is 0 Å². The fourth-order valence-electron chi connectivity index (χ4n) is 2.37. The molecule has 1 unspecified atom stereocenters. The number of epoxide rings is 1. The maximum absolute atomic E-state index is 11.4. The average Bonchev–Trinajstić information content (AvgIpc) is 2.69. The molecule has 0 aromatic heterocycles. The van der Waals surface area contributed by atoms with Gasteiger partial charge in [0.1, 0.15) is 5.60 Å². The van der Waals surface area contributed by atoms with Gasteiger partial charge in [-0.2, -0.15) is 0 Å². The Morgan fingerprint density at radius 1 is 1.19 bits per heavy atom. The van der Waals surface area contributed by atoms with Crippen LogP contribution in [-0.2, 0) is 15.1 Å². The number of hydrogen-bond donors (Lipinski definition) is 1. The zero-order valence-corrected chi connectivity index (χ0v) is 10.00. The zero-order chi connectivity index (χ0) is 12.1. The van der Waals surface area contributed by atoms with Gasteiger partial charge in [-0.05, 0) is 33.3 Å². The molecule has 1 aliphatic rings. The Kier molecular flexibility index (Phi) is 2.14. The normalized spacial score (nSPS) is 26.5. The summed E-state index contributed by atoms with van der Waals surface area (Å²) in [6, 6.07) is 5.79. The second-order valence-corrected chi connectivity index (χ2v) is 4.98. The summed E-state index contributed by atoms with van der Waals surface area (Å²) in [6.07, 6.45) is 0. The Morgan fingerprint density at radius 2 is 1.62 bits per heavy atom. The standard InChI is InChI=1S/C13H16O3/c1-8-5-9(2)7-10(6-8)13(11(14)15)12(3,4)16-13/h5-7H,1-4H3,(H,14,15). The van der Waals surface area contributed by atoms with Gasteiger partial charge in [0.05, 0.1) is 0 Å². The SMILES string of the molecule is Cc1cc(C)cc(C2(C(=O)O)OC2(C)C)c1. The summed E-state index contributed by atoms with van der Waals surface area (Å²) in [5, 5.41) is 9.35. The third-order valence-electron chi connectivity index (χ3n) is 3.14. The molecule has 1 fully saturated rings. The monoisotopic (exact) mass is 220 g/mol. The largest absolute Gasteiger partial charge is 0.479 e. The van der Waals surface area contributed by atoms with Crippen LogP contribution in [-0.4, -0.2) is 16.7 Å². The van der Waals surface area contributed by atoms with E-state index in [2.05, 4.69) is 0 Å². The molecular weight excluding hydrogens is 204 g/mol. The minimum Gasteiger partial charge on any atom is -0.479 e. The highest BCUT2D eigenvalue weighted by molar-refractivity contribution is 5.84. The van der Waals surface area contributed by atoms with Crippen molar-refractivity contribution in [3.8, 4) is 0 Å². The number of aliphatic carboxylic acids is 1. The highest BCUT2D eigenvalue weighted by Crippen LogP contribution is 2.55. The second kappa shape index (κ2) is 3.08. The molecule has 0 radical (unpaired) electrons. The highest BCUT2D eigenvalue weighted by Gasteiger charge is 2.70. The van der Waals surface area contributed by atoms with Crippen molar-refractivity contribution in [2.45, 2.75) is 38.9 Å². The van der Waals surface area contributed by atoms with Gasteiger partial charge in [0, 0.05) is 0 Å². The molecule has 0 spiro atoms. The molecule has 1 heterocycles. The number of hydrogen-bond acceptors (Lipinski definition) is 2. The van der Waals surface area contributed by atoms with Gasteiger partial charge in [-0.25, -0.2) is 4.79 Å². The van der Waals surface area contributed by atoms with Crippen molar-refractivity contribution < 1.29 is 14.6 Å². The molecule has 1 aromatic rings. The van der Waals surface area contributed by atoms with Crippen LogP contribution in [0.2, 0.25) is 0 Å². The van der Waals surface area contributed by atoms with Crippen molar-refractivity contribution in [3.63, 3.8) is 0 Å². The Balaban J connectivity index is 2.55. The van der Waals surface area contributed by atoms with Crippen molar-refractivity contribution in [1.29, 1.82) is 0 Å². The van der Waals surface area contributed by atoms with Gasteiger partial charge in [-0.3, -0.25) is 0 Å². The number of ether oxygens (including phenoxy) is 1. The molecule has 1 N–H and O–H groups in total. The summed E-state index contributed by atoms with van der Waals surface area (Å²) in [6.45, 7) is 7.53. The molecule has 0 bridgehead atoms. The number of carbonyl (C=O) groups is 1. The second-order valence-electron chi connectivity index (χ2n) is 4.98. The van der Waals surface area contributed by atoms with Crippen LogP contribution in [0.3, 0.4) is 0 Å². The van der Waals surface area contributed by atoms with Crippen LogP contribution in [0.15, 0.2) is 18.2 Å². The summed E-state index contributed by atoms with van der Waals surface area (Å²) in [7, 11) is 0. The van der Waals surface area contributed by atoms with E-state index in [4.69, 9.17) is 4.74 Å². The van der Waals surface area contributed by atoms with E-state index in [1.807, 2.05) is 32.0 Å². The first-order valence-electron chi connectivity index (χ1n) is 5.32. The molecule has 0 saturated carbocycles. The minimum atomic E-state index is -1.16. The third-order valence-corrected chi connectivity index (χ3v) is 3.14. The Morgan fingerprint density at radius 3 is 1.94 bits per heavy atom. The Hall–Kier alpha value is -1.35. The van der Waals surface area contributed by atoms with Gasteiger partial charge in [0.2, 0.25) is 5.60 Å². The topological polar surface area (TPSA) is 49.8 Å². The number of carboxylic acid groups (broad SMARTS) is 1. The lowest BCUT2D eigenvalue weighted by Crippen LogP contribution is -2.28. The molecule has 0 amide bonds. The van der Waals surface area contributed by atoms with Crippen molar-refractivity contribution >= 4 is 5.97 Å². The van der Waals surface area contributed by atoms with E-state index >= 15 is 0 Å². The lowest BCUT2D eigenvalue weighted by Gasteiger charge is -2.12. The molecule has 16 heavy (non-hydrogen) atoms. The first-order chi connectivity index (χ1) is 7.29. The Bertz CT molecular complexity index is 442. The van der Waals surface area contributed by atoms with Crippen LogP contribution in [0.4, 0.5) is 0 Å². The zero-order valence-electron chi connectivity index (χ0n) is 10.00. The minimum absolute atomic E-state index is 0.626. The van der Waals surface area contributed by atoms with E-state index < -0.39 is 17.2 Å². The molecular formula is C13H16O3. The first kappa shape index (κ1) is 11.1. The number of rotatable bonds is 2. The number of aryl methyl sites for hydroxylation is 2. The lowest BCUT2D eigenvalue weighted by molar-refractivity contribution is -0.143. The molecule has 1 saturated heterocycles. The average molecular weight is 220 g/mol. The summed E-state index contributed by atoms with van der Waals surface area (Å²) in [5.41, 5.74) is 1.06. The van der Waals surface area contributed by atoms with Crippen LogP contribution < -0.4 is 0 Å². The van der Waals surface area contributed by atoms with Crippen LogP contribution in [0.25, 0.3) is 0 Å². The lowest BCUT2D eigenvalue weighted by atomic mass is 9.87. The van der Waals surface area contributed by atoms with E-state index in [9.17, 15) is 9.90 Å². The molecule has 1 aliphatic heterocycles. The molecule has 2 rings (SSSR count). The van der Waals surface area contributed by atoms with Crippen LogP contribution in [0.5, 0.6) is 0 Å². The van der Waals surface area contributed by atoms with E-state index in [1.54, 1.807) is 13.8 Å². The summed E-state index contributed by atoms with van der Waals surface area (Å²) in [5.74, 6) is -0.914. The van der Waals surface area contributed by atoms with Crippen LogP contribution >= 0.6 is 0 Å².